The van der Waals surface area contributed by atoms with Crippen LogP contribution >= 0.6 is 23.2 Å². The molecule has 0 radical (unpaired) electrons. The number of aromatic nitrogens is 2. The minimum Gasteiger partial charge on any atom is -0.365 e. The highest BCUT2D eigenvalue weighted by Gasteiger charge is 2.41. The van der Waals surface area contributed by atoms with Crippen LogP contribution in [0.15, 0.2) is 24.3 Å². The molecule has 1 aliphatic rings. The Morgan fingerprint density at radius 1 is 1.14 bits per heavy atom. The van der Waals surface area contributed by atoms with Crippen molar-refractivity contribution in [1.29, 1.82) is 0 Å². The van der Waals surface area contributed by atoms with Gasteiger partial charge in [-0.3, -0.25) is 9.59 Å². The first-order chi connectivity index (χ1) is 19.8. The molecule has 3 aromatic rings. The summed E-state index contributed by atoms with van der Waals surface area (Å²) in [5, 5.41) is 8.23. The van der Waals surface area contributed by atoms with E-state index in [4.69, 9.17) is 23.2 Å². The number of nitrogens with one attached hydrogen (secondary N) is 3. The summed E-state index contributed by atoms with van der Waals surface area (Å²) in [4.78, 5) is 31.1. The Labute approximate surface area is 254 Å². The van der Waals surface area contributed by atoms with Gasteiger partial charge in [-0.15, -0.1) is 0 Å². The molecule has 2 amide bonds. The first-order valence-corrected chi connectivity index (χ1v) is 14.1. The lowest BCUT2D eigenvalue weighted by molar-refractivity contribution is -0.149. The summed E-state index contributed by atoms with van der Waals surface area (Å²) in [6.45, 7) is 5.45. The van der Waals surface area contributed by atoms with Crippen LogP contribution in [0.4, 0.5) is 39.3 Å². The number of amides is 2. The molecule has 0 spiro atoms. The quantitative estimate of drug-likeness (QED) is 0.245. The van der Waals surface area contributed by atoms with Crippen LogP contribution in [0.5, 0.6) is 0 Å². The van der Waals surface area contributed by atoms with Gasteiger partial charge in [-0.05, 0) is 30.7 Å². The first-order valence-electron chi connectivity index (χ1n) is 13.3. The molecule has 0 saturated carbocycles. The third kappa shape index (κ3) is 7.09. The summed E-state index contributed by atoms with van der Waals surface area (Å²) in [7, 11) is 1.63. The minimum absolute atomic E-state index is 0.0544. The van der Waals surface area contributed by atoms with Crippen LogP contribution in [0.1, 0.15) is 50.0 Å². The van der Waals surface area contributed by atoms with Crippen molar-refractivity contribution in [2.24, 2.45) is 12.5 Å². The largest absolute Gasteiger partial charge is 0.408 e. The monoisotopic (exact) mass is 648 g/mol. The Bertz CT molecular complexity index is 1570. The third-order valence-electron chi connectivity index (χ3n) is 7.12. The van der Waals surface area contributed by atoms with Crippen molar-refractivity contribution in [3.63, 3.8) is 0 Å². The Morgan fingerprint density at radius 2 is 1.81 bits per heavy atom. The van der Waals surface area contributed by atoms with E-state index in [1.165, 1.54) is 17.0 Å². The predicted octanol–water partition coefficient (Wildman–Crippen LogP) is 6.81. The minimum atomic E-state index is -4.70. The highest BCUT2D eigenvalue weighted by atomic mass is 35.5. The standard InChI is InChI=1S/C28H31Cl2F5N6O2/c1-14(28(33,34)35)37-23(42)16-10-18-20(11-19(16)41-9-8-27(31,32)13-41)40(5)25(38-18)39-22-17(29)7-6-15(21(22)30)12-36-24(43)26(2,3)4/h6-7,10-11,14H,8-9,12-13H2,1-5H3,(H,36,43)(H,37,42)(H,38,39). The van der Waals surface area contributed by atoms with Crippen LogP contribution in [-0.2, 0) is 18.4 Å². The third-order valence-corrected chi connectivity index (χ3v) is 7.87. The van der Waals surface area contributed by atoms with Crippen molar-refractivity contribution in [2.75, 3.05) is 23.3 Å². The van der Waals surface area contributed by atoms with Crippen molar-refractivity contribution in [1.82, 2.24) is 20.2 Å². The maximum absolute atomic E-state index is 14.1. The molecule has 2 heterocycles. The van der Waals surface area contributed by atoms with Crippen molar-refractivity contribution in [2.45, 2.75) is 58.8 Å². The number of nitrogens with zero attached hydrogens (tertiary/aromatic N) is 3. The fourth-order valence-electron chi connectivity index (χ4n) is 4.48. The highest BCUT2D eigenvalue weighted by Crippen LogP contribution is 2.38. The second-order valence-corrected chi connectivity index (χ2v) is 12.4. The highest BCUT2D eigenvalue weighted by molar-refractivity contribution is 6.39. The molecule has 15 heteroatoms. The maximum atomic E-state index is 14.1. The van der Waals surface area contributed by atoms with Gasteiger partial charge in [-0.1, -0.05) is 50.0 Å². The van der Waals surface area contributed by atoms with Crippen LogP contribution in [0.2, 0.25) is 10.0 Å². The van der Waals surface area contributed by atoms with Crippen molar-refractivity contribution in [3.05, 3.63) is 45.4 Å². The van der Waals surface area contributed by atoms with E-state index in [0.29, 0.717) is 11.1 Å². The normalized spacial score (nSPS) is 16.0. The smallest absolute Gasteiger partial charge is 0.365 e. The van der Waals surface area contributed by atoms with Gasteiger partial charge in [-0.25, -0.2) is 13.8 Å². The molecular formula is C28H31Cl2F5N6O2. The van der Waals surface area contributed by atoms with E-state index in [9.17, 15) is 31.5 Å². The van der Waals surface area contributed by atoms with Gasteiger partial charge in [0.05, 0.1) is 44.6 Å². The number of rotatable bonds is 7. The van der Waals surface area contributed by atoms with Gasteiger partial charge < -0.3 is 25.4 Å². The predicted molar refractivity (Wildman–Crippen MR) is 157 cm³/mol. The topological polar surface area (TPSA) is 91.3 Å². The average molecular weight is 649 g/mol. The van der Waals surface area contributed by atoms with E-state index >= 15 is 0 Å². The summed E-state index contributed by atoms with van der Waals surface area (Å²) in [5.74, 6) is -4.08. The van der Waals surface area contributed by atoms with Crippen LogP contribution in [0.25, 0.3) is 11.0 Å². The van der Waals surface area contributed by atoms with E-state index in [0.717, 1.165) is 6.92 Å². The number of carbonyl (C=O) groups excluding carboxylic acids is 2. The van der Waals surface area contributed by atoms with Crippen molar-refractivity contribution < 1.29 is 31.5 Å². The first kappa shape index (κ1) is 32.6. The average Bonchev–Trinajstić information content (AvgIpc) is 3.41. The molecule has 234 valence electrons. The Hall–Kier alpha value is -3.32. The number of halogens is 7. The van der Waals surface area contributed by atoms with Crippen molar-refractivity contribution in [3.8, 4) is 0 Å². The number of hydrogen-bond acceptors (Lipinski definition) is 5. The van der Waals surface area contributed by atoms with Crippen LogP contribution in [0.3, 0.4) is 0 Å². The molecule has 1 fully saturated rings. The number of imidazole rings is 1. The summed E-state index contributed by atoms with van der Waals surface area (Å²) in [5.41, 5.74) is 0.689. The van der Waals surface area contributed by atoms with Gasteiger partial charge in [0, 0.05) is 32.0 Å². The van der Waals surface area contributed by atoms with Crippen LogP contribution in [0, 0.1) is 5.41 Å². The second kappa shape index (κ2) is 11.6. The van der Waals surface area contributed by atoms with Gasteiger partial charge in [0.1, 0.15) is 6.04 Å². The Balaban J connectivity index is 1.72. The fraction of sp³-hybridized carbons (Fsp3) is 0.464. The Kier molecular flexibility index (Phi) is 8.82. The van der Waals surface area contributed by atoms with E-state index in [-0.39, 0.29) is 57.4 Å². The van der Waals surface area contributed by atoms with E-state index in [1.54, 1.807) is 44.5 Å². The molecule has 2 aromatic carbocycles. The van der Waals surface area contributed by atoms with Gasteiger partial charge in [0.15, 0.2) is 0 Å². The zero-order chi connectivity index (χ0) is 32.1. The summed E-state index contributed by atoms with van der Waals surface area (Å²) < 4.78 is 69.4. The molecule has 1 aliphatic heterocycles. The van der Waals surface area contributed by atoms with Gasteiger partial charge in [0.25, 0.3) is 11.8 Å². The van der Waals surface area contributed by atoms with E-state index in [2.05, 4.69) is 15.6 Å². The molecule has 1 atom stereocenters. The molecule has 8 nitrogen and oxygen atoms in total. The maximum Gasteiger partial charge on any atom is 0.408 e. The molecular weight excluding hydrogens is 618 g/mol. The zero-order valence-corrected chi connectivity index (χ0v) is 25.5. The Morgan fingerprint density at radius 3 is 2.40 bits per heavy atom. The molecule has 4 rings (SSSR count). The van der Waals surface area contributed by atoms with Gasteiger partial charge in [0.2, 0.25) is 11.9 Å². The number of alkyl halides is 5. The molecule has 3 N–H and O–H groups in total. The lowest BCUT2D eigenvalue weighted by atomic mass is 9.95. The van der Waals surface area contributed by atoms with E-state index in [1.807, 2.05) is 5.32 Å². The number of hydrogen-bond donors (Lipinski definition) is 3. The zero-order valence-electron chi connectivity index (χ0n) is 24.0. The SMILES string of the molecule is CC(NC(=O)c1cc2nc(Nc3c(Cl)ccc(CNC(=O)C(C)(C)C)c3Cl)n(C)c2cc1N1CCC(F)(F)C1)C(F)(F)F. The molecule has 1 saturated heterocycles. The summed E-state index contributed by atoms with van der Waals surface area (Å²) >= 11 is 13.1. The number of fused-ring (bicyclic) bond motifs is 1. The second-order valence-electron chi connectivity index (χ2n) is 11.6. The molecule has 1 aromatic heterocycles. The van der Waals surface area contributed by atoms with Gasteiger partial charge in [-0.2, -0.15) is 13.2 Å². The molecule has 43 heavy (non-hydrogen) atoms. The molecule has 1 unspecified atom stereocenters. The summed E-state index contributed by atoms with van der Waals surface area (Å²) in [6, 6.07) is 3.80. The summed E-state index contributed by atoms with van der Waals surface area (Å²) in [6.07, 6.45) is -5.17. The lowest BCUT2D eigenvalue weighted by Gasteiger charge is -2.23. The molecule has 0 bridgehead atoms. The fourth-order valence-corrected chi connectivity index (χ4v) is 5.01. The number of benzene rings is 2. The number of aryl methyl sites for hydroxylation is 1. The van der Waals surface area contributed by atoms with Crippen LogP contribution in [-0.4, -0.2) is 52.6 Å². The molecule has 0 aliphatic carbocycles. The number of anilines is 3. The van der Waals surface area contributed by atoms with Crippen molar-refractivity contribution >= 4 is 63.4 Å². The lowest BCUT2D eigenvalue weighted by Crippen LogP contribution is -2.43. The van der Waals surface area contributed by atoms with E-state index < -0.39 is 42.4 Å². The van der Waals surface area contributed by atoms with Gasteiger partial charge >= 0.3 is 6.18 Å². The van der Waals surface area contributed by atoms with Crippen LogP contribution < -0.4 is 20.9 Å². The number of carbonyl (C=O) groups is 2.